The van der Waals surface area contributed by atoms with Crippen LogP contribution in [0.15, 0.2) is 35.1 Å². The number of hydrogen-bond acceptors (Lipinski definition) is 4. The maximum atomic E-state index is 15.2. The Bertz CT molecular complexity index is 1370. The second-order valence-electron chi connectivity index (χ2n) is 8.40. The van der Waals surface area contributed by atoms with Gasteiger partial charge in [0, 0.05) is 18.5 Å². The Balaban J connectivity index is 1.82. The number of benzene rings is 2. The van der Waals surface area contributed by atoms with E-state index in [4.69, 9.17) is 16.3 Å². The Morgan fingerprint density at radius 2 is 1.97 bits per heavy atom. The van der Waals surface area contributed by atoms with E-state index in [0.29, 0.717) is 31.8 Å². The van der Waals surface area contributed by atoms with Crippen LogP contribution in [0.4, 0.5) is 27.6 Å². The molecule has 1 aromatic heterocycles. The Kier molecular flexibility index (Phi) is 6.82. The second kappa shape index (κ2) is 9.57. The fourth-order valence-electron chi connectivity index (χ4n) is 3.86. The van der Waals surface area contributed by atoms with Gasteiger partial charge in [0.25, 0.3) is 5.91 Å². The van der Waals surface area contributed by atoms with Gasteiger partial charge in [-0.3, -0.25) is 9.36 Å². The zero-order chi connectivity index (χ0) is 26.4. The third-order valence-electron chi connectivity index (χ3n) is 5.84. The van der Waals surface area contributed by atoms with E-state index in [1.54, 1.807) is 0 Å². The molecule has 0 aliphatic carbocycles. The summed E-state index contributed by atoms with van der Waals surface area (Å²) in [6.07, 6.45) is -5.76. The number of ether oxygens (including phenoxy) is 1. The fourth-order valence-corrected chi connectivity index (χ4v) is 4.07. The molecule has 7 nitrogen and oxygen atoms in total. The van der Waals surface area contributed by atoms with Gasteiger partial charge in [-0.1, -0.05) is 24.6 Å². The van der Waals surface area contributed by atoms with E-state index in [2.05, 4.69) is 10.4 Å². The molecule has 2 aromatic carbocycles. The highest BCUT2D eigenvalue weighted by Crippen LogP contribution is 2.33. The number of fused-ring (bicyclic) bond motifs is 1. The molecule has 0 fully saturated rings. The molecule has 0 spiro atoms. The number of para-hydroxylation sites is 1. The Morgan fingerprint density at radius 3 is 2.61 bits per heavy atom. The summed E-state index contributed by atoms with van der Waals surface area (Å²) >= 11 is 5.90. The monoisotopic (exact) mass is 530 g/mol. The van der Waals surface area contributed by atoms with Gasteiger partial charge in [-0.15, -0.1) is 5.10 Å². The van der Waals surface area contributed by atoms with Gasteiger partial charge in [0.15, 0.2) is 6.10 Å². The quantitative estimate of drug-likeness (QED) is 0.445. The van der Waals surface area contributed by atoms with Crippen LogP contribution >= 0.6 is 11.6 Å². The summed E-state index contributed by atoms with van der Waals surface area (Å²) in [5, 5.41) is 6.12. The molecule has 36 heavy (non-hydrogen) atoms. The molecular weight excluding hydrogens is 511 g/mol. The molecule has 0 radical (unpaired) electrons. The number of carbonyl (C=O) groups excluding carboxylic acids is 1. The first-order valence-electron chi connectivity index (χ1n) is 10.9. The standard InChI is InChI=1S/C23H20ClF5N4O3/c1-11-5-4-8-32-20(11)31-33(22(32)35)17-10-18(36-12(2)23(27,28)29)13(9-16(17)26)21(34)30-19-14(24)6-3-7-15(19)25/h3,6-7,9-12H,4-5,8H2,1-2H3,(H,30,34)/t11?,12-/m0/s1. The Morgan fingerprint density at radius 1 is 1.25 bits per heavy atom. The van der Waals surface area contributed by atoms with Crippen LogP contribution < -0.4 is 15.7 Å². The molecule has 192 valence electrons. The molecule has 0 bridgehead atoms. The van der Waals surface area contributed by atoms with E-state index in [0.717, 1.165) is 23.2 Å². The lowest BCUT2D eigenvalue weighted by Crippen LogP contribution is -2.32. The van der Waals surface area contributed by atoms with E-state index in [1.165, 1.54) is 16.7 Å². The highest BCUT2D eigenvalue weighted by molar-refractivity contribution is 6.34. The summed E-state index contributed by atoms with van der Waals surface area (Å²) in [5.41, 5.74) is -2.30. The molecule has 1 aliphatic heterocycles. The smallest absolute Gasteiger partial charge is 0.425 e. The number of alkyl halides is 3. The topological polar surface area (TPSA) is 78.2 Å². The summed E-state index contributed by atoms with van der Waals surface area (Å²) < 4.78 is 76.2. The van der Waals surface area contributed by atoms with E-state index in [-0.39, 0.29) is 10.9 Å². The lowest BCUT2D eigenvalue weighted by atomic mass is 10.0. The van der Waals surface area contributed by atoms with Crippen LogP contribution in [0.1, 0.15) is 48.8 Å². The number of aromatic nitrogens is 3. The van der Waals surface area contributed by atoms with Crippen molar-refractivity contribution in [3.05, 3.63) is 68.9 Å². The molecule has 2 atom stereocenters. The van der Waals surface area contributed by atoms with Gasteiger partial charge < -0.3 is 10.1 Å². The van der Waals surface area contributed by atoms with Gasteiger partial charge in [-0.05, 0) is 38.0 Å². The number of hydrogen-bond donors (Lipinski definition) is 1. The molecule has 1 aliphatic rings. The van der Waals surface area contributed by atoms with Crippen molar-refractivity contribution in [2.45, 2.75) is 51.4 Å². The highest BCUT2D eigenvalue weighted by Gasteiger charge is 2.39. The predicted molar refractivity (Wildman–Crippen MR) is 121 cm³/mol. The van der Waals surface area contributed by atoms with Crippen LogP contribution in [0.2, 0.25) is 5.02 Å². The summed E-state index contributed by atoms with van der Waals surface area (Å²) in [4.78, 5) is 25.8. The van der Waals surface area contributed by atoms with Gasteiger partial charge in [0.05, 0.1) is 16.3 Å². The minimum atomic E-state index is -4.82. The van der Waals surface area contributed by atoms with Gasteiger partial charge in [-0.2, -0.15) is 17.9 Å². The van der Waals surface area contributed by atoms with Crippen molar-refractivity contribution in [3.63, 3.8) is 0 Å². The number of halogens is 6. The van der Waals surface area contributed by atoms with Crippen LogP contribution in [0.5, 0.6) is 5.75 Å². The molecule has 1 N–H and O–H groups in total. The second-order valence-corrected chi connectivity index (χ2v) is 8.81. The van der Waals surface area contributed by atoms with Crippen LogP contribution in [0.25, 0.3) is 5.69 Å². The zero-order valence-corrected chi connectivity index (χ0v) is 19.8. The number of nitrogens with zero attached hydrogens (tertiary/aromatic N) is 3. The molecule has 3 aromatic rings. The van der Waals surface area contributed by atoms with Crippen LogP contribution in [0.3, 0.4) is 0 Å². The molecule has 4 rings (SSSR count). The number of carbonyl (C=O) groups is 1. The van der Waals surface area contributed by atoms with Crippen molar-refractivity contribution < 1.29 is 31.5 Å². The maximum Gasteiger partial charge on any atom is 0.425 e. The average molecular weight is 531 g/mol. The van der Waals surface area contributed by atoms with Crippen molar-refractivity contribution in [1.82, 2.24) is 14.3 Å². The first-order valence-corrected chi connectivity index (χ1v) is 11.3. The zero-order valence-electron chi connectivity index (χ0n) is 19.0. The fraction of sp³-hybridized carbons (Fsp3) is 0.348. The minimum absolute atomic E-state index is 0.0905. The van der Waals surface area contributed by atoms with E-state index >= 15 is 4.39 Å². The van der Waals surface area contributed by atoms with Crippen molar-refractivity contribution in [2.75, 3.05) is 5.32 Å². The number of nitrogens with one attached hydrogen (secondary N) is 1. The predicted octanol–water partition coefficient (Wildman–Crippen LogP) is 5.44. The van der Waals surface area contributed by atoms with Crippen LogP contribution in [-0.4, -0.2) is 32.5 Å². The number of anilines is 1. The average Bonchev–Trinajstić information content (AvgIpc) is 3.14. The molecule has 1 unspecified atom stereocenters. The molecular formula is C23H20ClF5N4O3. The summed E-state index contributed by atoms with van der Waals surface area (Å²) in [6.45, 7) is 2.90. The molecule has 0 saturated heterocycles. The lowest BCUT2D eigenvalue weighted by molar-refractivity contribution is -0.189. The molecule has 2 heterocycles. The summed E-state index contributed by atoms with van der Waals surface area (Å²) in [7, 11) is 0. The highest BCUT2D eigenvalue weighted by atomic mass is 35.5. The van der Waals surface area contributed by atoms with E-state index in [9.17, 15) is 27.2 Å². The van der Waals surface area contributed by atoms with E-state index in [1.807, 2.05) is 6.92 Å². The van der Waals surface area contributed by atoms with Gasteiger partial charge in [0.2, 0.25) is 0 Å². The Labute approximate surface area is 206 Å². The first kappa shape index (κ1) is 25.7. The molecule has 0 saturated carbocycles. The van der Waals surface area contributed by atoms with Crippen molar-refractivity contribution in [1.29, 1.82) is 0 Å². The number of rotatable bonds is 5. The number of amides is 1. The van der Waals surface area contributed by atoms with Crippen molar-refractivity contribution >= 4 is 23.2 Å². The maximum absolute atomic E-state index is 15.2. The first-order chi connectivity index (χ1) is 16.9. The molecule has 13 heteroatoms. The lowest BCUT2D eigenvalue weighted by Gasteiger charge is -2.20. The molecule has 1 amide bonds. The van der Waals surface area contributed by atoms with Gasteiger partial charge in [-0.25, -0.2) is 13.6 Å². The third-order valence-corrected chi connectivity index (χ3v) is 6.15. The minimum Gasteiger partial charge on any atom is -0.480 e. The third kappa shape index (κ3) is 4.81. The SMILES string of the molecule is CC1CCCn2c1nn(-c1cc(O[C@@H](C)C(F)(F)F)c(C(=O)Nc3c(F)cccc3Cl)cc1F)c2=O. The van der Waals surface area contributed by atoms with E-state index < -0.39 is 58.2 Å². The summed E-state index contributed by atoms with van der Waals surface area (Å²) in [6, 6.07) is 4.96. The largest absolute Gasteiger partial charge is 0.480 e. The Hall–Kier alpha value is -3.41. The van der Waals surface area contributed by atoms with Crippen molar-refractivity contribution in [2.24, 2.45) is 0 Å². The normalized spacial score (nSPS) is 16.4. The summed E-state index contributed by atoms with van der Waals surface area (Å²) in [5.74, 6) is -3.59. The van der Waals surface area contributed by atoms with Gasteiger partial charge in [0.1, 0.15) is 28.9 Å². The van der Waals surface area contributed by atoms with Crippen LogP contribution in [-0.2, 0) is 6.54 Å². The van der Waals surface area contributed by atoms with Gasteiger partial charge >= 0.3 is 11.9 Å². The van der Waals surface area contributed by atoms with Crippen molar-refractivity contribution in [3.8, 4) is 11.4 Å². The van der Waals surface area contributed by atoms with Crippen LogP contribution in [0, 0.1) is 11.6 Å².